The number of nitrogens with zero attached hydrogens (tertiary/aromatic N) is 2. The number of amides is 1. The van der Waals surface area contributed by atoms with Crippen LogP contribution in [0.1, 0.15) is 22.3 Å². The Hall–Kier alpha value is -2.53. The molecule has 2 aliphatic heterocycles. The van der Waals surface area contributed by atoms with Crippen LogP contribution in [0.15, 0.2) is 36.4 Å². The van der Waals surface area contributed by atoms with E-state index in [9.17, 15) is 4.79 Å². The number of carbonyl (C=O) groups excluding carboxylic acids is 1. The van der Waals surface area contributed by atoms with Crippen LogP contribution in [-0.4, -0.2) is 49.6 Å². The van der Waals surface area contributed by atoms with Crippen LogP contribution < -0.4 is 9.47 Å². The van der Waals surface area contributed by atoms with Gasteiger partial charge in [-0.3, -0.25) is 9.69 Å². The normalized spacial score (nSPS) is 16.4. The Bertz CT molecular complexity index is 849. The van der Waals surface area contributed by atoms with Crippen LogP contribution >= 0.6 is 0 Å². The molecular formula is C22H26N2O3. The maximum absolute atomic E-state index is 12.9. The van der Waals surface area contributed by atoms with Crippen molar-refractivity contribution >= 4 is 5.91 Å². The van der Waals surface area contributed by atoms with E-state index in [2.05, 4.69) is 35.2 Å². The molecule has 0 spiro atoms. The molecular weight excluding hydrogens is 340 g/mol. The third kappa shape index (κ3) is 3.65. The van der Waals surface area contributed by atoms with Crippen molar-refractivity contribution in [2.24, 2.45) is 0 Å². The minimum atomic E-state index is 0.216. The summed E-state index contributed by atoms with van der Waals surface area (Å²) in [7, 11) is 3.32. The van der Waals surface area contributed by atoms with Crippen LogP contribution in [0.25, 0.3) is 0 Å². The van der Waals surface area contributed by atoms with Crippen molar-refractivity contribution in [2.45, 2.75) is 25.9 Å². The number of benzene rings is 2. The van der Waals surface area contributed by atoms with E-state index in [0.29, 0.717) is 6.54 Å². The lowest BCUT2D eigenvalue weighted by Gasteiger charge is -2.33. The molecule has 0 saturated heterocycles. The number of rotatable bonds is 4. The second kappa shape index (κ2) is 7.61. The molecule has 2 aromatic rings. The molecule has 0 N–H and O–H groups in total. The fraction of sp³-hybridized carbons (Fsp3) is 0.409. The lowest BCUT2D eigenvalue weighted by molar-refractivity contribution is -0.133. The van der Waals surface area contributed by atoms with Crippen LogP contribution in [0.3, 0.4) is 0 Å². The molecule has 2 heterocycles. The number of ether oxygens (including phenoxy) is 2. The summed E-state index contributed by atoms with van der Waals surface area (Å²) < 4.78 is 10.8. The molecule has 142 valence electrons. The van der Waals surface area contributed by atoms with Gasteiger partial charge in [-0.25, -0.2) is 0 Å². The van der Waals surface area contributed by atoms with Crippen molar-refractivity contribution in [1.82, 2.24) is 9.80 Å². The molecule has 0 unspecified atom stereocenters. The molecule has 0 atom stereocenters. The summed E-state index contributed by atoms with van der Waals surface area (Å²) in [5.41, 5.74) is 5.14. The summed E-state index contributed by atoms with van der Waals surface area (Å²) in [5, 5.41) is 0. The lowest BCUT2D eigenvalue weighted by atomic mass is 9.98. The zero-order valence-corrected chi connectivity index (χ0v) is 16.0. The standard InChI is InChI=1S/C22H26N2O3/c1-26-20-11-17-7-9-23(13-19(17)12-21(20)27-2)15-22(25)24-10-8-16-5-3-4-6-18(16)14-24/h3-6,11-12H,7-10,13-15H2,1-2H3. The van der Waals surface area contributed by atoms with Gasteiger partial charge in [0, 0.05) is 26.2 Å². The average Bonchev–Trinajstić information content (AvgIpc) is 2.72. The molecule has 0 bridgehead atoms. The number of carbonyl (C=O) groups is 1. The Balaban J connectivity index is 1.42. The summed E-state index contributed by atoms with van der Waals surface area (Å²) in [6, 6.07) is 12.5. The van der Waals surface area contributed by atoms with Crippen LogP contribution in [0.4, 0.5) is 0 Å². The second-order valence-corrected chi connectivity index (χ2v) is 7.27. The molecule has 2 aliphatic rings. The Morgan fingerprint density at radius 2 is 1.56 bits per heavy atom. The lowest BCUT2D eigenvalue weighted by Crippen LogP contribution is -2.44. The van der Waals surface area contributed by atoms with Crippen molar-refractivity contribution in [3.05, 3.63) is 58.7 Å². The van der Waals surface area contributed by atoms with Gasteiger partial charge in [-0.2, -0.15) is 0 Å². The Morgan fingerprint density at radius 1 is 0.889 bits per heavy atom. The zero-order valence-electron chi connectivity index (χ0n) is 16.0. The fourth-order valence-corrected chi connectivity index (χ4v) is 4.08. The maximum Gasteiger partial charge on any atom is 0.237 e. The van der Waals surface area contributed by atoms with Crippen molar-refractivity contribution in [3.63, 3.8) is 0 Å². The van der Waals surface area contributed by atoms with Crippen molar-refractivity contribution < 1.29 is 14.3 Å². The van der Waals surface area contributed by atoms with E-state index < -0.39 is 0 Å². The first-order valence-electron chi connectivity index (χ1n) is 9.48. The summed E-state index contributed by atoms with van der Waals surface area (Å²) >= 11 is 0. The third-order valence-corrected chi connectivity index (χ3v) is 5.64. The quantitative estimate of drug-likeness (QED) is 0.834. The third-order valence-electron chi connectivity index (χ3n) is 5.64. The average molecular weight is 366 g/mol. The zero-order chi connectivity index (χ0) is 18.8. The minimum absolute atomic E-state index is 0.216. The van der Waals surface area contributed by atoms with E-state index in [1.165, 1.54) is 22.3 Å². The first-order chi connectivity index (χ1) is 13.2. The van der Waals surface area contributed by atoms with Crippen molar-refractivity contribution in [1.29, 1.82) is 0 Å². The van der Waals surface area contributed by atoms with E-state index in [0.717, 1.165) is 50.5 Å². The predicted molar refractivity (Wildman–Crippen MR) is 104 cm³/mol. The van der Waals surface area contributed by atoms with Crippen LogP contribution in [0, 0.1) is 0 Å². The van der Waals surface area contributed by atoms with Gasteiger partial charge in [0.25, 0.3) is 0 Å². The Kier molecular flexibility index (Phi) is 5.03. The van der Waals surface area contributed by atoms with Crippen LogP contribution in [0.2, 0.25) is 0 Å². The molecule has 0 fully saturated rings. The van der Waals surface area contributed by atoms with E-state index in [-0.39, 0.29) is 5.91 Å². The molecule has 0 radical (unpaired) electrons. The summed E-state index contributed by atoms with van der Waals surface area (Å²) in [6.07, 6.45) is 1.87. The smallest absolute Gasteiger partial charge is 0.237 e. The van der Waals surface area contributed by atoms with Gasteiger partial charge in [0.05, 0.1) is 20.8 Å². The topological polar surface area (TPSA) is 42.0 Å². The van der Waals surface area contributed by atoms with Crippen molar-refractivity contribution in [2.75, 3.05) is 33.9 Å². The van der Waals surface area contributed by atoms with Gasteiger partial charge < -0.3 is 14.4 Å². The molecule has 0 saturated carbocycles. The van der Waals surface area contributed by atoms with E-state index in [1.54, 1.807) is 14.2 Å². The first-order valence-corrected chi connectivity index (χ1v) is 9.48. The molecule has 2 aromatic carbocycles. The summed E-state index contributed by atoms with van der Waals surface area (Å²) in [5.74, 6) is 1.73. The molecule has 5 heteroatoms. The molecule has 27 heavy (non-hydrogen) atoms. The van der Waals surface area contributed by atoms with E-state index >= 15 is 0 Å². The number of hydrogen-bond donors (Lipinski definition) is 0. The second-order valence-electron chi connectivity index (χ2n) is 7.27. The highest BCUT2D eigenvalue weighted by Crippen LogP contribution is 2.33. The molecule has 1 amide bonds. The highest BCUT2D eigenvalue weighted by molar-refractivity contribution is 5.78. The van der Waals surface area contributed by atoms with Gasteiger partial charge in [0.2, 0.25) is 5.91 Å². The minimum Gasteiger partial charge on any atom is -0.493 e. The van der Waals surface area contributed by atoms with Gasteiger partial charge in [-0.15, -0.1) is 0 Å². The van der Waals surface area contributed by atoms with E-state index in [1.807, 2.05) is 11.0 Å². The Labute approximate surface area is 160 Å². The van der Waals surface area contributed by atoms with Gasteiger partial charge in [0.15, 0.2) is 11.5 Å². The van der Waals surface area contributed by atoms with E-state index in [4.69, 9.17) is 9.47 Å². The van der Waals surface area contributed by atoms with Gasteiger partial charge in [0.1, 0.15) is 0 Å². The van der Waals surface area contributed by atoms with Gasteiger partial charge in [-0.05, 0) is 47.2 Å². The Morgan fingerprint density at radius 3 is 2.30 bits per heavy atom. The number of methoxy groups -OCH3 is 2. The fourth-order valence-electron chi connectivity index (χ4n) is 4.08. The highest BCUT2D eigenvalue weighted by Gasteiger charge is 2.25. The number of fused-ring (bicyclic) bond motifs is 2. The molecule has 0 aromatic heterocycles. The van der Waals surface area contributed by atoms with Crippen molar-refractivity contribution in [3.8, 4) is 11.5 Å². The monoisotopic (exact) mass is 366 g/mol. The van der Waals surface area contributed by atoms with Gasteiger partial charge >= 0.3 is 0 Å². The highest BCUT2D eigenvalue weighted by atomic mass is 16.5. The largest absolute Gasteiger partial charge is 0.493 e. The molecule has 5 nitrogen and oxygen atoms in total. The first kappa shape index (κ1) is 17.9. The molecule has 0 aliphatic carbocycles. The predicted octanol–water partition coefficient (Wildman–Crippen LogP) is 2.65. The van der Waals surface area contributed by atoms with Gasteiger partial charge in [-0.1, -0.05) is 24.3 Å². The summed E-state index contributed by atoms with van der Waals surface area (Å²) in [4.78, 5) is 17.1. The number of hydrogen-bond acceptors (Lipinski definition) is 4. The SMILES string of the molecule is COc1cc2c(cc1OC)CN(CC(=O)N1CCc3ccccc3C1)CC2. The summed E-state index contributed by atoms with van der Waals surface area (Å²) in [6.45, 7) is 3.66. The van der Waals surface area contributed by atoms with Crippen LogP contribution in [-0.2, 0) is 30.7 Å². The maximum atomic E-state index is 12.9. The molecule has 4 rings (SSSR count). The van der Waals surface area contributed by atoms with Crippen LogP contribution in [0.5, 0.6) is 11.5 Å².